The summed E-state index contributed by atoms with van der Waals surface area (Å²) in [6, 6.07) is 7.30. The molecule has 0 saturated carbocycles. The first-order valence-corrected chi connectivity index (χ1v) is 7.19. The molecular formula is C13H17NO3S. The number of thioether (sulfide) groups is 1. The molecule has 1 aliphatic heterocycles. The highest BCUT2D eigenvalue weighted by molar-refractivity contribution is 7.99. The van der Waals surface area contributed by atoms with E-state index in [2.05, 4.69) is 5.32 Å². The summed E-state index contributed by atoms with van der Waals surface area (Å²) in [5, 5.41) is 12.4. The minimum atomic E-state index is -0.953. The predicted octanol–water partition coefficient (Wildman–Crippen LogP) is 1.86. The molecule has 0 bridgehead atoms. The van der Waals surface area contributed by atoms with E-state index < -0.39 is 5.97 Å². The molecule has 1 atom stereocenters. The molecule has 0 amide bonds. The van der Waals surface area contributed by atoms with E-state index in [4.69, 9.17) is 9.84 Å². The summed E-state index contributed by atoms with van der Waals surface area (Å²) in [5.41, 5.74) is 0.217. The number of carboxylic acid groups (broad SMARTS) is 1. The molecule has 1 unspecified atom stereocenters. The molecular weight excluding hydrogens is 250 g/mol. The van der Waals surface area contributed by atoms with E-state index in [-0.39, 0.29) is 5.56 Å². The van der Waals surface area contributed by atoms with Gasteiger partial charge >= 0.3 is 5.97 Å². The minimum Gasteiger partial charge on any atom is -0.491 e. The van der Waals surface area contributed by atoms with E-state index >= 15 is 0 Å². The van der Waals surface area contributed by atoms with Crippen LogP contribution in [0.4, 0.5) is 0 Å². The number of aromatic carboxylic acids is 1. The molecule has 2 rings (SSSR count). The molecule has 1 aromatic carbocycles. The van der Waals surface area contributed by atoms with Gasteiger partial charge in [-0.2, -0.15) is 11.8 Å². The number of hydrogen-bond donors (Lipinski definition) is 2. The molecule has 0 radical (unpaired) electrons. The number of para-hydroxylation sites is 1. The highest BCUT2D eigenvalue weighted by Gasteiger charge is 2.14. The van der Waals surface area contributed by atoms with Gasteiger partial charge in [-0.15, -0.1) is 0 Å². The van der Waals surface area contributed by atoms with Crippen molar-refractivity contribution >= 4 is 17.7 Å². The topological polar surface area (TPSA) is 58.6 Å². The van der Waals surface area contributed by atoms with Crippen molar-refractivity contribution in [2.24, 2.45) is 0 Å². The number of hydrogen-bond acceptors (Lipinski definition) is 4. The van der Waals surface area contributed by atoms with Crippen LogP contribution < -0.4 is 10.1 Å². The Balaban J connectivity index is 1.77. The Morgan fingerprint density at radius 3 is 3.06 bits per heavy atom. The quantitative estimate of drug-likeness (QED) is 0.770. The Bertz CT molecular complexity index is 405. The molecule has 5 heteroatoms. The first-order chi connectivity index (χ1) is 8.77. The second kappa shape index (κ2) is 6.66. The smallest absolute Gasteiger partial charge is 0.339 e. The maximum absolute atomic E-state index is 11.0. The predicted molar refractivity (Wildman–Crippen MR) is 72.6 cm³/mol. The van der Waals surface area contributed by atoms with Gasteiger partial charge in [-0.25, -0.2) is 4.79 Å². The van der Waals surface area contributed by atoms with Gasteiger partial charge < -0.3 is 15.2 Å². The number of carbonyl (C=O) groups is 1. The van der Waals surface area contributed by atoms with E-state index in [1.54, 1.807) is 24.3 Å². The Morgan fingerprint density at radius 1 is 1.50 bits per heavy atom. The lowest BCUT2D eigenvalue weighted by Gasteiger charge is -2.12. The van der Waals surface area contributed by atoms with Crippen molar-refractivity contribution in [1.82, 2.24) is 5.32 Å². The van der Waals surface area contributed by atoms with Crippen LogP contribution in [0.25, 0.3) is 0 Å². The third-order valence-electron chi connectivity index (χ3n) is 2.84. The fourth-order valence-corrected chi connectivity index (χ4v) is 3.08. The molecule has 0 aromatic heterocycles. The molecule has 2 N–H and O–H groups in total. The monoisotopic (exact) mass is 267 g/mol. The molecule has 1 aliphatic rings. The van der Waals surface area contributed by atoms with E-state index in [0.717, 1.165) is 12.3 Å². The van der Waals surface area contributed by atoms with Gasteiger partial charge in [0.05, 0.1) is 0 Å². The second-order valence-corrected chi connectivity index (χ2v) is 5.31. The zero-order valence-electron chi connectivity index (χ0n) is 10.1. The first-order valence-electron chi connectivity index (χ1n) is 6.03. The largest absolute Gasteiger partial charge is 0.491 e. The van der Waals surface area contributed by atoms with E-state index in [1.807, 2.05) is 11.8 Å². The number of benzene rings is 1. The molecule has 1 fully saturated rings. The number of carboxylic acids is 1. The van der Waals surface area contributed by atoms with E-state index in [9.17, 15) is 4.79 Å². The van der Waals surface area contributed by atoms with Gasteiger partial charge in [-0.3, -0.25) is 0 Å². The third kappa shape index (κ3) is 3.65. The standard InChI is InChI=1S/C13H17NO3S/c15-13(16)11-3-1-2-4-12(11)17-7-6-14-10-5-8-18-9-10/h1-4,10,14H,5-9H2,(H,15,16). The molecule has 1 saturated heterocycles. The van der Waals surface area contributed by atoms with Crippen molar-refractivity contribution in [2.75, 3.05) is 24.7 Å². The number of rotatable bonds is 6. The maximum Gasteiger partial charge on any atom is 0.339 e. The second-order valence-electron chi connectivity index (χ2n) is 4.16. The van der Waals surface area contributed by atoms with E-state index in [0.29, 0.717) is 18.4 Å². The first kappa shape index (κ1) is 13.2. The van der Waals surface area contributed by atoms with Crippen LogP contribution in [0.1, 0.15) is 16.8 Å². The van der Waals surface area contributed by atoms with Crippen molar-refractivity contribution < 1.29 is 14.6 Å². The highest BCUT2D eigenvalue weighted by Crippen LogP contribution is 2.18. The highest BCUT2D eigenvalue weighted by atomic mass is 32.2. The van der Waals surface area contributed by atoms with Crippen molar-refractivity contribution in [3.8, 4) is 5.75 Å². The van der Waals surface area contributed by atoms with Gasteiger partial charge in [0, 0.05) is 18.3 Å². The Labute approximate surface area is 111 Å². The van der Waals surface area contributed by atoms with Crippen LogP contribution in [0.5, 0.6) is 5.75 Å². The molecule has 4 nitrogen and oxygen atoms in total. The van der Waals surface area contributed by atoms with Crippen molar-refractivity contribution in [3.05, 3.63) is 29.8 Å². The molecule has 0 aliphatic carbocycles. The average molecular weight is 267 g/mol. The lowest BCUT2D eigenvalue weighted by atomic mass is 10.2. The van der Waals surface area contributed by atoms with Gasteiger partial charge in [0.1, 0.15) is 17.9 Å². The summed E-state index contributed by atoms with van der Waals surface area (Å²) in [6.07, 6.45) is 1.20. The summed E-state index contributed by atoms with van der Waals surface area (Å²) in [5.74, 6) is 1.87. The number of ether oxygens (including phenoxy) is 1. The summed E-state index contributed by atoms with van der Waals surface area (Å²) >= 11 is 1.96. The summed E-state index contributed by atoms with van der Waals surface area (Å²) < 4.78 is 5.51. The Kier molecular flexibility index (Phi) is 4.90. The average Bonchev–Trinajstić information content (AvgIpc) is 2.88. The van der Waals surface area contributed by atoms with E-state index in [1.165, 1.54) is 12.2 Å². The van der Waals surface area contributed by atoms with Crippen LogP contribution in [0, 0.1) is 0 Å². The van der Waals surface area contributed by atoms with Crippen molar-refractivity contribution in [1.29, 1.82) is 0 Å². The van der Waals surface area contributed by atoms with Crippen molar-refractivity contribution in [3.63, 3.8) is 0 Å². The molecule has 0 spiro atoms. The summed E-state index contributed by atoms with van der Waals surface area (Å²) in [7, 11) is 0. The minimum absolute atomic E-state index is 0.217. The fraction of sp³-hybridized carbons (Fsp3) is 0.462. The molecule has 1 heterocycles. The zero-order chi connectivity index (χ0) is 12.8. The van der Waals surface area contributed by atoms with Gasteiger partial charge in [-0.1, -0.05) is 12.1 Å². The lowest BCUT2D eigenvalue weighted by Crippen LogP contribution is -2.32. The van der Waals surface area contributed by atoms with Gasteiger partial charge in [-0.05, 0) is 24.3 Å². The van der Waals surface area contributed by atoms with Gasteiger partial charge in [0.25, 0.3) is 0 Å². The normalized spacial score (nSPS) is 18.8. The third-order valence-corrected chi connectivity index (χ3v) is 4.00. The van der Waals surface area contributed by atoms with Gasteiger partial charge in [0.2, 0.25) is 0 Å². The fourth-order valence-electron chi connectivity index (χ4n) is 1.89. The Morgan fingerprint density at radius 2 is 2.33 bits per heavy atom. The summed E-state index contributed by atoms with van der Waals surface area (Å²) in [4.78, 5) is 11.0. The zero-order valence-corrected chi connectivity index (χ0v) is 10.9. The van der Waals surface area contributed by atoms with Gasteiger partial charge in [0.15, 0.2) is 0 Å². The molecule has 98 valence electrons. The Hall–Kier alpha value is -1.20. The lowest BCUT2D eigenvalue weighted by molar-refractivity contribution is 0.0692. The van der Waals surface area contributed by atoms with Crippen LogP contribution in [0.3, 0.4) is 0 Å². The molecule has 18 heavy (non-hydrogen) atoms. The maximum atomic E-state index is 11.0. The molecule has 1 aromatic rings. The van der Waals surface area contributed by atoms with Crippen LogP contribution in [-0.4, -0.2) is 41.8 Å². The summed E-state index contributed by atoms with van der Waals surface area (Å²) in [6.45, 7) is 1.24. The van der Waals surface area contributed by atoms with Crippen LogP contribution in [0.15, 0.2) is 24.3 Å². The van der Waals surface area contributed by atoms with Crippen LogP contribution >= 0.6 is 11.8 Å². The van der Waals surface area contributed by atoms with Crippen LogP contribution in [0.2, 0.25) is 0 Å². The number of nitrogens with one attached hydrogen (secondary N) is 1. The SMILES string of the molecule is O=C(O)c1ccccc1OCCNC1CCSC1. The van der Waals surface area contributed by atoms with Crippen molar-refractivity contribution in [2.45, 2.75) is 12.5 Å². The van der Waals surface area contributed by atoms with Crippen LogP contribution in [-0.2, 0) is 0 Å².